The zero-order chi connectivity index (χ0) is 18.4. The normalized spacial score (nSPS) is 10.5. The van der Waals surface area contributed by atoms with Crippen molar-refractivity contribution in [1.29, 1.82) is 0 Å². The number of aromatic nitrogens is 2. The van der Waals surface area contributed by atoms with Crippen LogP contribution in [0.15, 0.2) is 24.4 Å². The molecule has 1 heterocycles. The van der Waals surface area contributed by atoms with Crippen LogP contribution in [0.2, 0.25) is 5.02 Å². The van der Waals surface area contributed by atoms with E-state index in [4.69, 9.17) is 21.1 Å². The molecule has 1 aromatic heterocycles. The zero-order valence-electron chi connectivity index (χ0n) is 14.6. The van der Waals surface area contributed by atoms with E-state index in [0.717, 1.165) is 0 Å². The molecule has 8 heteroatoms. The zero-order valence-corrected chi connectivity index (χ0v) is 15.3. The Kier molecular flexibility index (Phi) is 6.41. The summed E-state index contributed by atoms with van der Waals surface area (Å²) in [4.78, 5) is 20.5. The second kappa shape index (κ2) is 8.53. The van der Waals surface area contributed by atoms with Gasteiger partial charge in [0.05, 0.1) is 24.9 Å². The first kappa shape index (κ1) is 18.8. The van der Waals surface area contributed by atoms with Gasteiger partial charge in [-0.1, -0.05) is 25.4 Å². The van der Waals surface area contributed by atoms with Gasteiger partial charge in [-0.15, -0.1) is 0 Å². The molecular formula is C17H21ClN4O3. The highest BCUT2D eigenvalue weighted by Gasteiger charge is 2.13. The molecule has 0 aliphatic rings. The number of methoxy groups -OCH3 is 2. The lowest BCUT2D eigenvalue weighted by Gasteiger charge is -2.13. The van der Waals surface area contributed by atoms with Gasteiger partial charge in [-0.05, 0) is 12.0 Å². The van der Waals surface area contributed by atoms with Gasteiger partial charge in [-0.25, -0.2) is 9.97 Å². The van der Waals surface area contributed by atoms with Crippen molar-refractivity contribution >= 4 is 29.1 Å². The highest BCUT2D eigenvalue weighted by atomic mass is 35.5. The fourth-order valence-corrected chi connectivity index (χ4v) is 2.24. The van der Waals surface area contributed by atoms with Gasteiger partial charge in [0.25, 0.3) is 5.91 Å². The molecule has 0 aliphatic carbocycles. The Morgan fingerprint density at radius 1 is 1.24 bits per heavy atom. The second-order valence-corrected chi connectivity index (χ2v) is 6.09. The molecule has 2 N–H and O–H groups in total. The van der Waals surface area contributed by atoms with Gasteiger partial charge in [0.2, 0.25) is 5.95 Å². The molecule has 0 fully saturated rings. The lowest BCUT2D eigenvalue weighted by atomic mass is 10.2. The van der Waals surface area contributed by atoms with E-state index in [1.165, 1.54) is 20.4 Å². The third-order valence-electron chi connectivity index (χ3n) is 3.28. The summed E-state index contributed by atoms with van der Waals surface area (Å²) in [5, 5.41) is 6.26. The van der Waals surface area contributed by atoms with Crippen molar-refractivity contribution in [3.8, 4) is 11.5 Å². The van der Waals surface area contributed by atoms with Crippen molar-refractivity contribution in [3.63, 3.8) is 0 Å². The van der Waals surface area contributed by atoms with E-state index in [1.807, 2.05) is 13.8 Å². The van der Waals surface area contributed by atoms with E-state index in [9.17, 15) is 4.79 Å². The number of halogens is 1. The van der Waals surface area contributed by atoms with Crippen LogP contribution in [0.25, 0.3) is 0 Å². The Hall–Kier alpha value is -2.54. The third-order valence-corrected chi connectivity index (χ3v) is 3.57. The summed E-state index contributed by atoms with van der Waals surface area (Å²) in [5.74, 6) is 1.36. The Morgan fingerprint density at radius 2 is 1.96 bits per heavy atom. The molecule has 2 aromatic rings. The molecule has 0 unspecified atom stereocenters. The van der Waals surface area contributed by atoms with Gasteiger partial charge < -0.3 is 20.1 Å². The van der Waals surface area contributed by atoms with Crippen molar-refractivity contribution in [2.75, 3.05) is 26.1 Å². The Balaban J connectivity index is 2.23. The van der Waals surface area contributed by atoms with Crippen LogP contribution in [0.5, 0.6) is 11.5 Å². The van der Waals surface area contributed by atoms with E-state index < -0.39 is 0 Å². The molecule has 134 valence electrons. The fraction of sp³-hybridized carbons (Fsp3) is 0.353. The van der Waals surface area contributed by atoms with Gasteiger partial charge in [0, 0.05) is 24.9 Å². The maximum Gasteiger partial charge on any atom is 0.270 e. The number of ether oxygens (including phenoxy) is 2. The molecule has 2 rings (SSSR count). The number of carbonyl (C=O) groups is 1. The van der Waals surface area contributed by atoms with E-state index in [1.54, 1.807) is 18.2 Å². The highest BCUT2D eigenvalue weighted by Crippen LogP contribution is 2.36. The number of hydrogen-bond acceptors (Lipinski definition) is 6. The van der Waals surface area contributed by atoms with Gasteiger partial charge in [0.1, 0.15) is 17.2 Å². The topological polar surface area (TPSA) is 85.4 Å². The number of anilines is 2. The van der Waals surface area contributed by atoms with Crippen LogP contribution >= 0.6 is 11.6 Å². The van der Waals surface area contributed by atoms with Crippen molar-refractivity contribution in [2.24, 2.45) is 5.92 Å². The predicted octanol–water partition coefficient (Wildman–Crippen LogP) is 3.28. The number of carbonyl (C=O) groups excluding carboxylic acids is 1. The predicted molar refractivity (Wildman–Crippen MR) is 97.0 cm³/mol. The van der Waals surface area contributed by atoms with Crippen LogP contribution < -0.4 is 20.1 Å². The summed E-state index contributed by atoms with van der Waals surface area (Å²) in [6.45, 7) is 4.62. The number of nitrogens with zero attached hydrogens (tertiary/aromatic N) is 2. The quantitative estimate of drug-likeness (QED) is 0.784. The summed E-state index contributed by atoms with van der Waals surface area (Å²) < 4.78 is 10.5. The summed E-state index contributed by atoms with van der Waals surface area (Å²) in [6.07, 6.45) is 1.51. The van der Waals surface area contributed by atoms with Crippen molar-refractivity contribution in [2.45, 2.75) is 13.8 Å². The Labute approximate surface area is 151 Å². The molecule has 7 nitrogen and oxygen atoms in total. The molecule has 0 saturated heterocycles. The van der Waals surface area contributed by atoms with Crippen LogP contribution in [0.4, 0.5) is 11.6 Å². The lowest BCUT2D eigenvalue weighted by molar-refractivity contribution is 0.0944. The van der Waals surface area contributed by atoms with Gasteiger partial charge >= 0.3 is 0 Å². The second-order valence-electron chi connectivity index (χ2n) is 5.68. The lowest BCUT2D eigenvalue weighted by Crippen LogP contribution is -2.28. The molecule has 25 heavy (non-hydrogen) atoms. The summed E-state index contributed by atoms with van der Waals surface area (Å²) in [5.41, 5.74) is 0.849. The molecule has 0 saturated carbocycles. The molecular weight excluding hydrogens is 344 g/mol. The average molecular weight is 365 g/mol. The molecule has 0 radical (unpaired) electrons. The van der Waals surface area contributed by atoms with Crippen LogP contribution in [-0.4, -0.2) is 36.6 Å². The van der Waals surface area contributed by atoms with E-state index in [2.05, 4.69) is 20.6 Å². The highest BCUT2D eigenvalue weighted by molar-refractivity contribution is 6.32. The SMILES string of the molecule is COc1cc(Nc2nccc(C(=O)NCC(C)C)n2)c(OC)cc1Cl. The van der Waals surface area contributed by atoms with Crippen LogP contribution in [0.1, 0.15) is 24.3 Å². The number of benzene rings is 1. The maximum absolute atomic E-state index is 12.1. The van der Waals surface area contributed by atoms with Gasteiger partial charge in [-0.2, -0.15) is 0 Å². The van der Waals surface area contributed by atoms with Crippen molar-refractivity contribution < 1.29 is 14.3 Å². The molecule has 1 aromatic carbocycles. The Morgan fingerprint density at radius 3 is 2.60 bits per heavy atom. The number of rotatable bonds is 7. The molecule has 0 spiro atoms. The average Bonchev–Trinajstić information content (AvgIpc) is 2.60. The minimum absolute atomic E-state index is 0.250. The molecule has 0 atom stereocenters. The standard InChI is InChI=1S/C17H21ClN4O3/c1-10(2)9-20-16(23)12-5-6-19-17(21-12)22-13-8-14(24-3)11(18)7-15(13)25-4/h5-8,10H,9H2,1-4H3,(H,20,23)(H,19,21,22). The number of amides is 1. The summed E-state index contributed by atoms with van der Waals surface area (Å²) in [7, 11) is 3.05. The first-order valence-corrected chi connectivity index (χ1v) is 8.12. The van der Waals surface area contributed by atoms with Gasteiger partial charge in [0.15, 0.2) is 0 Å². The molecule has 0 aliphatic heterocycles. The monoisotopic (exact) mass is 364 g/mol. The molecule has 1 amide bonds. The first-order valence-electron chi connectivity index (χ1n) is 7.74. The number of nitrogens with one attached hydrogen (secondary N) is 2. The maximum atomic E-state index is 12.1. The van der Waals surface area contributed by atoms with Crippen LogP contribution in [0.3, 0.4) is 0 Å². The third kappa shape index (κ3) is 4.96. The molecule has 0 bridgehead atoms. The minimum Gasteiger partial charge on any atom is -0.495 e. The van der Waals surface area contributed by atoms with E-state index >= 15 is 0 Å². The smallest absolute Gasteiger partial charge is 0.270 e. The van der Waals surface area contributed by atoms with E-state index in [0.29, 0.717) is 34.7 Å². The summed E-state index contributed by atoms with van der Waals surface area (Å²) >= 11 is 6.09. The number of hydrogen-bond donors (Lipinski definition) is 2. The van der Waals surface area contributed by atoms with Crippen LogP contribution in [0, 0.1) is 5.92 Å². The summed E-state index contributed by atoms with van der Waals surface area (Å²) in [6, 6.07) is 4.86. The first-order chi connectivity index (χ1) is 11.9. The van der Waals surface area contributed by atoms with Crippen LogP contribution in [-0.2, 0) is 0 Å². The largest absolute Gasteiger partial charge is 0.495 e. The van der Waals surface area contributed by atoms with Gasteiger partial charge in [-0.3, -0.25) is 4.79 Å². The van der Waals surface area contributed by atoms with E-state index in [-0.39, 0.29) is 17.5 Å². The minimum atomic E-state index is -0.250. The fourth-order valence-electron chi connectivity index (χ4n) is 2.01. The van der Waals surface area contributed by atoms with Crippen molar-refractivity contribution in [3.05, 3.63) is 35.1 Å². The van der Waals surface area contributed by atoms with Crippen molar-refractivity contribution in [1.82, 2.24) is 15.3 Å². The Bertz CT molecular complexity index is 753.